The number of hydrogen-bond donors (Lipinski definition) is 2. The second-order valence-corrected chi connectivity index (χ2v) is 6.86. The molecule has 1 aromatic heterocycles. The Morgan fingerprint density at radius 1 is 1.22 bits per heavy atom. The molecule has 6 nitrogen and oxygen atoms in total. The quantitative estimate of drug-likeness (QED) is 0.403. The Balaban J connectivity index is 2.04. The minimum absolute atomic E-state index is 0.276. The number of benzene rings is 1. The highest BCUT2D eigenvalue weighted by Crippen LogP contribution is 2.17. The SMILES string of the molecule is CCNC(=NCc1ccccc1-n1nc(C)cc1C)NCCCOC(C)C. The fourth-order valence-corrected chi connectivity index (χ4v) is 2.83. The van der Waals surface area contributed by atoms with Gasteiger partial charge >= 0.3 is 0 Å². The van der Waals surface area contributed by atoms with E-state index in [4.69, 9.17) is 9.73 Å². The maximum Gasteiger partial charge on any atom is 0.191 e. The summed E-state index contributed by atoms with van der Waals surface area (Å²) in [5.41, 5.74) is 4.36. The maximum atomic E-state index is 5.58. The van der Waals surface area contributed by atoms with Gasteiger partial charge in [0.05, 0.1) is 24.0 Å². The standard InChI is InChI=1S/C21H33N5O/c1-6-22-21(23-12-9-13-27-16(2)3)24-15-19-10-7-8-11-20(19)26-18(5)14-17(4)25-26/h7-8,10-11,14,16H,6,9,12-13,15H2,1-5H3,(H2,22,23,24). The second-order valence-electron chi connectivity index (χ2n) is 6.86. The molecule has 148 valence electrons. The largest absolute Gasteiger partial charge is 0.379 e. The van der Waals surface area contributed by atoms with Crippen LogP contribution in [0, 0.1) is 13.8 Å². The zero-order valence-electron chi connectivity index (χ0n) is 17.2. The van der Waals surface area contributed by atoms with Crippen molar-refractivity contribution in [1.82, 2.24) is 20.4 Å². The fraction of sp³-hybridized carbons (Fsp3) is 0.524. The Morgan fingerprint density at radius 2 is 2.00 bits per heavy atom. The monoisotopic (exact) mass is 371 g/mol. The Kier molecular flexibility index (Phi) is 8.33. The molecule has 0 saturated carbocycles. The van der Waals surface area contributed by atoms with Crippen LogP contribution in [0.15, 0.2) is 35.3 Å². The molecule has 6 heteroatoms. The lowest BCUT2D eigenvalue weighted by Crippen LogP contribution is -2.38. The average Bonchev–Trinajstić information content (AvgIpc) is 2.97. The number of nitrogens with one attached hydrogen (secondary N) is 2. The van der Waals surface area contributed by atoms with Crippen LogP contribution in [0.2, 0.25) is 0 Å². The number of guanidine groups is 1. The van der Waals surface area contributed by atoms with Gasteiger partial charge in [0, 0.05) is 25.4 Å². The van der Waals surface area contributed by atoms with Gasteiger partial charge in [-0.1, -0.05) is 18.2 Å². The zero-order chi connectivity index (χ0) is 19.6. The van der Waals surface area contributed by atoms with Gasteiger partial charge in [-0.25, -0.2) is 9.67 Å². The zero-order valence-corrected chi connectivity index (χ0v) is 17.2. The lowest BCUT2D eigenvalue weighted by molar-refractivity contribution is 0.0776. The van der Waals surface area contributed by atoms with Crippen LogP contribution >= 0.6 is 0 Å². The molecule has 1 aromatic carbocycles. The van der Waals surface area contributed by atoms with Crippen molar-refractivity contribution in [2.24, 2.45) is 4.99 Å². The van der Waals surface area contributed by atoms with Crippen LogP contribution in [0.25, 0.3) is 5.69 Å². The molecular weight excluding hydrogens is 338 g/mol. The van der Waals surface area contributed by atoms with Crippen molar-refractivity contribution < 1.29 is 4.74 Å². The Labute approximate surface area is 163 Å². The van der Waals surface area contributed by atoms with Crippen molar-refractivity contribution in [3.8, 4) is 5.69 Å². The first-order valence-corrected chi connectivity index (χ1v) is 9.76. The van der Waals surface area contributed by atoms with Crippen LogP contribution in [-0.2, 0) is 11.3 Å². The van der Waals surface area contributed by atoms with Crippen LogP contribution in [0.5, 0.6) is 0 Å². The van der Waals surface area contributed by atoms with Crippen molar-refractivity contribution in [1.29, 1.82) is 0 Å². The summed E-state index contributed by atoms with van der Waals surface area (Å²) < 4.78 is 7.57. The molecular formula is C21H33N5O. The van der Waals surface area contributed by atoms with Crippen LogP contribution in [0.4, 0.5) is 0 Å². The van der Waals surface area contributed by atoms with E-state index in [1.807, 2.05) is 23.7 Å². The fourth-order valence-electron chi connectivity index (χ4n) is 2.83. The van der Waals surface area contributed by atoms with Crippen LogP contribution < -0.4 is 10.6 Å². The van der Waals surface area contributed by atoms with Gasteiger partial charge in [-0.15, -0.1) is 0 Å². The molecule has 0 aliphatic heterocycles. The van der Waals surface area contributed by atoms with E-state index in [0.29, 0.717) is 6.54 Å². The number of aliphatic imine (C=N–C) groups is 1. The topological polar surface area (TPSA) is 63.5 Å². The van der Waals surface area contributed by atoms with Crippen molar-refractivity contribution in [2.75, 3.05) is 19.7 Å². The minimum atomic E-state index is 0.276. The number of ether oxygens (including phenoxy) is 1. The molecule has 0 aliphatic carbocycles. The van der Waals surface area contributed by atoms with E-state index in [1.54, 1.807) is 0 Å². The van der Waals surface area contributed by atoms with Crippen LogP contribution in [-0.4, -0.2) is 41.5 Å². The lowest BCUT2D eigenvalue weighted by Gasteiger charge is -2.13. The summed E-state index contributed by atoms with van der Waals surface area (Å²) in [5, 5.41) is 11.3. The third-order valence-electron chi connectivity index (χ3n) is 4.05. The summed E-state index contributed by atoms with van der Waals surface area (Å²) in [4.78, 5) is 4.75. The Morgan fingerprint density at radius 3 is 2.67 bits per heavy atom. The molecule has 0 atom stereocenters. The summed E-state index contributed by atoms with van der Waals surface area (Å²) in [7, 11) is 0. The lowest BCUT2D eigenvalue weighted by atomic mass is 10.2. The summed E-state index contributed by atoms with van der Waals surface area (Å²) in [6, 6.07) is 10.4. The highest BCUT2D eigenvalue weighted by molar-refractivity contribution is 5.79. The third-order valence-corrected chi connectivity index (χ3v) is 4.05. The average molecular weight is 372 g/mol. The maximum absolute atomic E-state index is 5.58. The molecule has 0 fully saturated rings. The highest BCUT2D eigenvalue weighted by atomic mass is 16.5. The number of para-hydroxylation sites is 1. The van der Waals surface area contributed by atoms with Gasteiger partial charge in [0.2, 0.25) is 0 Å². The van der Waals surface area contributed by atoms with E-state index in [9.17, 15) is 0 Å². The van der Waals surface area contributed by atoms with Gasteiger partial charge in [0.1, 0.15) is 0 Å². The van der Waals surface area contributed by atoms with E-state index in [1.165, 1.54) is 0 Å². The molecule has 2 N–H and O–H groups in total. The first-order valence-electron chi connectivity index (χ1n) is 9.76. The second kappa shape index (κ2) is 10.7. The molecule has 0 radical (unpaired) electrons. The van der Waals surface area contributed by atoms with E-state index < -0.39 is 0 Å². The molecule has 27 heavy (non-hydrogen) atoms. The molecule has 0 bridgehead atoms. The van der Waals surface area contributed by atoms with Gasteiger partial charge < -0.3 is 15.4 Å². The van der Waals surface area contributed by atoms with Crippen LogP contribution in [0.1, 0.15) is 44.1 Å². The van der Waals surface area contributed by atoms with Gasteiger partial charge in [0.15, 0.2) is 5.96 Å². The molecule has 0 spiro atoms. The number of aromatic nitrogens is 2. The molecule has 0 unspecified atom stereocenters. The summed E-state index contributed by atoms with van der Waals surface area (Å²) >= 11 is 0. The number of nitrogens with zero attached hydrogens (tertiary/aromatic N) is 3. The summed E-state index contributed by atoms with van der Waals surface area (Å²) in [6.45, 7) is 13.3. The molecule has 2 rings (SSSR count). The molecule has 0 amide bonds. The predicted molar refractivity (Wildman–Crippen MR) is 112 cm³/mol. The molecule has 0 saturated heterocycles. The van der Waals surface area contributed by atoms with Gasteiger partial charge in [-0.05, 0) is 58.7 Å². The normalized spacial score (nSPS) is 11.9. The van der Waals surface area contributed by atoms with Gasteiger partial charge in [-0.3, -0.25) is 0 Å². The highest BCUT2D eigenvalue weighted by Gasteiger charge is 2.08. The summed E-state index contributed by atoms with van der Waals surface area (Å²) in [5.74, 6) is 0.824. The Bertz CT molecular complexity index is 736. The van der Waals surface area contributed by atoms with Crippen molar-refractivity contribution in [2.45, 2.75) is 53.7 Å². The first-order chi connectivity index (χ1) is 13.0. The molecule has 1 heterocycles. The van der Waals surface area contributed by atoms with Crippen LogP contribution in [0.3, 0.4) is 0 Å². The van der Waals surface area contributed by atoms with E-state index in [-0.39, 0.29) is 6.10 Å². The number of aryl methyl sites for hydroxylation is 2. The van der Waals surface area contributed by atoms with Crippen molar-refractivity contribution >= 4 is 5.96 Å². The van der Waals surface area contributed by atoms with E-state index in [2.05, 4.69) is 61.6 Å². The van der Waals surface area contributed by atoms with Crippen molar-refractivity contribution in [3.63, 3.8) is 0 Å². The number of hydrogen-bond acceptors (Lipinski definition) is 3. The van der Waals surface area contributed by atoms with E-state index in [0.717, 1.165) is 54.7 Å². The first kappa shape index (κ1) is 21.0. The van der Waals surface area contributed by atoms with Crippen molar-refractivity contribution in [3.05, 3.63) is 47.3 Å². The molecule has 0 aliphatic rings. The smallest absolute Gasteiger partial charge is 0.191 e. The van der Waals surface area contributed by atoms with Gasteiger partial charge in [-0.2, -0.15) is 5.10 Å². The predicted octanol–water partition coefficient (Wildman–Crippen LogP) is 3.36. The summed E-state index contributed by atoms with van der Waals surface area (Å²) in [6.07, 6.45) is 1.23. The number of rotatable bonds is 9. The minimum Gasteiger partial charge on any atom is -0.379 e. The molecule has 2 aromatic rings. The Hall–Kier alpha value is -2.34. The van der Waals surface area contributed by atoms with E-state index >= 15 is 0 Å². The van der Waals surface area contributed by atoms with Gasteiger partial charge in [0.25, 0.3) is 0 Å². The third kappa shape index (κ3) is 6.71.